The number of benzene rings is 1. The highest BCUT2D eigenvalue weighted by Crippen LogP contribution is 2.28. The molecule has 1 amide bonds. The minimum absolute atomic E-state index is 0.0681. The first-order valence-corrected chi connectivity index (χ1v) is 7.15. The number of aryl methyl sites for hydroxylation is 2. The van der Waals surface area contributed by atoms with Gasteiger partial charge in [0.05, 0.1) is 6.04 Å². The molecule has 0 fully saturated rings. The van der Waals surface area contributed by atoms with Crippen molar-refractivity contribution in [3.8, 4) is 0 Å². The molecule has 0 saturated carbocycles. The third-order valence-electron chi connectivity index (χ3n) is 3.66. The van der Waals surface area contributed by atoms with Gasteiger partial charge in [-0.2, -0.15) is 0 Å². The number of anilines is 1. The second kappa shape index (κ2) is 5.74. The molecule has 3 nitrogen and oxygen atoms in total. The van der Waals surface area contributed by atoms with Crippen LogP contribution in [0.25, 0.3) is 0 Å². The van der Waals surface area contributed by atoms with E-state index in [1.165, 1.54) is 11.1 Å². The number of fused-ring (bicyclic) bond motifs is 1. The third-order valence-corrected chi connectivity index (χ3v) is 3.66. The van der Waals surface area contributed by atoms with Gasteiger partial charge in [0.1, 0.15) is 0 Å². The van der Waals surface area contributed by atoms with Crippen LogP contribution in [-0.4, -0.2) is 18.5 Å². The maximum atomic E-state index is 12.5. The quantitative estimate of drug-likeness (QED) is 0.908. The summed E-state index contributed by atoms with van der Waals surface area (Å²) >= 11 is 0. The van der Waals surface area contributed by atoms with Crippen molar-refractivity contribution in [2.45, 2.75) is 46.1 Å². The monoisotopic (exact) mass is 260 g/mol. The molecule has 1 heterocycles. The van der Waals surface area contributed by atoms with E-state index in [-0.39, 0.29) is 11.9 Å². The molecule has 2 N–H and O–H groups in total. The Balaban J connectivity index is 2.21. The first-order valence-electron chi connectivity index (χ1n) is 7.15. The molecule has 2 rings (SSSR count). The predicted octanol–water partition coefficient (Wildman–Crippen LogP) is 2.65. The molecule has 1 atom stereocenters. The van der Waals surface area contributed by atoms with Crippen LogP contribution in [0.15, 0.2) is 18.2 Å². The van der Waals surface area contributed by atoms with Gasteiger partial charge in [0.2, 0.25) is 5.91 Å². The first kappa shape index (κ1) is 14.1. The second-order valence-corrected chi connectivity index (χ2v) is 5.96. The lowest BCUT2D eigenvalue weighted by molar-refractivity contribution is -0.120. The Morgan fingerprint density at radius 1 is 1.42 bits per heavy atom. The van der Waals surface area contributed by atoms with Gasteiger partial charge in [0.15, 0.2) is 0 Å². The zero-order valence-electron chi connectivity index (χ0n) is 12.1. The number of rotatable bonds is 3. The summed E-state index contributed by atoms with van der Waals surface area (Å²) in [6.07, 6.45) is 2.83. The van der Waals surface area contributed by atoms with Crippen LogP contribution in [0.5, 0.6) is 0 Å². The van der Waals surface area contributed by atoms with Gasteiger partial charge in [-0.25, -0.2) is 0 Å². The van der Waals surface area contributed by atoms with E-state index < -0.39 is 0 Å². The van der Waals surface area contributed by atoms with Crippen LogP contribution in [0, 0.1) is 12.8 Å². The Kier molecular flexibility index (Phi) is 4.25. The van der Waals surface area contributed by atoms with Crippen LogP contribution < -0.4 is 10.6 Å². The molecule has 104 valence electrons. The number of carbonyl (C=O) groups excluding carboxylic acids is 1. The number of carbonyl (C=O) groups is 1. The Hall–Kier alpha value is -1.35. The van der Waals surface area contributed by atoms with E-state index in [0.717, 1.165) is 31.5 Å². The number of hydrogen-bond donors (Lipinski definition) is 1. The van der Waals surface area contributed by atoms with E-state index >= 15 is 0 Å². The average molecular weight is 260 g/mol. The van der Waals surface area contributed by atoms with Crippen molar-refractivity contribution in [1.82, 2.24) is 0 Å². The van der Waals surface area contributed by atoms with E-state index in [1.807, 2.05) is 4.90 Å². The molecule has 1 aliphatic heterocycles. The Bertz CT molecular complexity index is 468. The SMILES string of the molecule is Cc1ccc2c(c1)CCCN2C(=O)C(N)CC(C)C. The summed E-state index contributed by atoms with van der Waals surface area (Å²) in [7, 11) is 0. The highest BCUT2D eigenvalue weighted by Gasteiger charge is 2.26. The lowest BCUT2D eigenvalue weighted by Crippen LogP contribution is -2.46. The molecule has 0 aliphatic carbocycles. The van der Waals surface area contributed by atoms with E-state index in [0.29, 0.717) is 5.92 Å². The summed E-state index contributed by atoms with van der Waals surface area (Å²) < 4.78 is 0. The van der Waals surface area contributed by atoms with Crippen LogP contribution in [0.1, 0.15) is 37.8 Å². The topological polar surface area (TPSA) is 46.3 Å². The molecule has 0 saturated heterocycles. The second-order valence-electron chi connectivity index (χ2n) is 5.96. The van der Waals surface area contributed by atoms with Crippen LogP contribution in [0.4, 0.5) is 5.69 Å². The van der Waals surface area contributed by atoms with Crippen molar-refractivity contribution in [3.63, 3.8) is 0 Å². The van der Waals surface area contributed by atoms with E-state index in [4.69, 9.17) is 5.73 Å². The van der Waals surface area contributed by atoms with Crippen molar-refractivity contribution < 1.29 is 4.79 Å². The number of hydrogen-bond acceptors (Lipinski definition) is 2. The standard InChI is InChI=1S/C16H24N2O/c1-11(2)9-14(17)16(19)18-8-4-5-13-10-12(3)6-7-15(13)18/h6-7,10-11,14H,4-5,8-9,17H2,1-3H3. The minimum atomic E-state index is -0.382. The summed E-state index contributed by atoms with van der Waals surface area (Å²) in [4.78, 5) is 14.4. The van der Waals surface area contributed by atoms with Crippen molar-refractivity contribution in [2.75, 3.05) is 11.4 Å². The fourth-order valence-corrected chi connectivity index (χ4v) is 2.76. The first-order chi connectivity index (χ1) is 8.99. The van der Waals surface area contributed by atoms with Gasteiger partial charge in [0, 0.05) is 12.2 Å². The van der Waals surface area contributed by atoms with Gasteiger partial charge in [-0.05, 0) is 43.7 Å². The van der Waals surface area contributed by atoms with Crippen LogP contribution in [0.3, 0.4) is 0 Å². The Morgan fingerprint density at radius 3 is 2.84 bits per heavy atom. The Labute approximate surface area is 115 Å². The van der Waals surface area contributed by atoms with Crippen LogP contribution >= 0.6 is 0 Å². The van der Waals surface area contributed by atoms with Crippen LogP contribution in [-0.2, 0) is 11.2 Å². The molecule has 1 aromatic rings. The molecular formula is C16H24N2O. The highest BCUT2D eigenvalue weighted by atomic mass is 16.2. The summed E-state index contributed by atoms with van der Waals surface area (Å²) in [6, 6.07) is 5.93. The number of nitrogens with zero attached hydrogens (tertiary/aromatic N) is 1. The number of nitrogens with two attached hydrogens (primary N) is 1. The molecule has 19 heavy (non-hydrogen) atoms. The lowest BCUT2D eigenvalue weighted by Gasteiger charge is -2.32. The van der Waals surface area contributed by atoms with Gasteiger partial charge in [-0.1, -0.05) is 31.5 Å². The van der Waals surface area contributed by atoms with E-state index in [9.17, 15) is 4.79 Å². The molecule has 1 aromatic carbocycles. The molecule has 0 bridgehead atoms. The van der Waals surface area contributed by atoms with E-state index in [1.54, 1.807) is 0 Å². The zero-order valence-corrected chi connectivity index (χ0v) is 12.1. The zero-order chi connectivity index (χ0) is 14.0. The van der Waals surface area contributed by atoms with Crippen LogP contribution in [0.2, 0.25) is 0 Å². The minimum Gasteiger partial charge on any atom is -0.320 e. The maximum absolute atomic E-state index is 12.5. The number of amides is 1. The van der Waals surface area contributed by atoms with Crippen molar-refractivity contribution >= 4 is 11.6 Å². The van der Waals surface area contributed by atoms with Crippen molar-refractivity contribution in [1.29, 1.82) is 0 Å². The molecular weight excluding hydrogens is 236 g/mol. The Morgan fingerprint density at radius 2 is 2.16 bits per heavy atom. The molecule has 0 aromatic heterocycles. The molecule has 3 heteroatoms. The smallest absolute Gasteiger partial charge is 0.243 e. The third kappa shape index (κ3) is 3.16. The normalized spacial score (nSPS) is 16.4. The maximum Gasteiger partial charge on any atom is 0.243 e. The molecule has 0 spiro atoms. The molecule has 1 aliphatic rings. The van der Waals surface area contributed by atoms with Gasteiger partial charge in [-0.15, -0.1) is 0 Å². The molecule has 0 radical (unpaired) electrons. The highest BCUT2D eigenvalue weighted by molar-refractivity contribution is 5.98. The predicted molar refractivity (Wildman–Crippen MR) is 79.3 cm³/mol. The van der Waals surface area contributed by atoms with Gasteiger partial charge >= 0.3 is 0 Å². The largest absolute Gasteiger partial charge is 0.320 e. The summed E-state index contributed by atoms with van der Waals surface area (Å²) in [5.41, 5.74) is 9.63. The fourth-order valence-electron chi connectivity index (χ4n) is 2.76. The van der Waals surface area contributed by atoms with Crippen molar-refractivity contribution in [2.24, 2.45) is 11.7 Å². The summed E-state index contributed by atoms with van der Waals surface area (Å²) in [5, 5.41) is 0. The summed E-state index contributed by atoms with van der Waals surface area (Å²) in [6.45, 7) is 7.08. The van der Waals surface area contributed by atoms with Crippen molar-refractivity contribution in [3.05, 3.63) is 29.3 Å². The fraction of sp³-hybridized carbons (Fsp3) is 0.562. The van der Waals surface area contributed by atoms with Gasteiger partial charge in [0.25, 0.3) is 0 Å². The van der Waals surface area contributed by atoms with Gasteiger partial charge in [-0.3, -0.25) is 4.79 Å². The summed E-state index contributed by atoms with van der Waals surface area (Å²) in [5.74, 6) is 0.514. The molecule has 1 unspecified atom stereocenters. The average Bonchev–Trinajstić information content (AvgIpc) is 2.36. The lowest BCUT2D eigenvalue weighted by atomic mass is 9.97. The van der Waals surface area contributed by atoms with E-state index in [2.05, 4.69) is 39.0 Å². The van der Waals surface area contributed by atoms with Gasteiger partial charge < -0.3 is 10.6 Å².